The molecule has 0 aliphatic carbocycles. The largest absolute Gasteiger partial charge is 0.332 e. The van der Waals surface area contributed by atoms with E-state index in [-0.39, 0.29) is 11.7 Å². The van der Waals surface area contributed by atoms with Crippen molar-refractivity contribution in [3.05, 3.63) is 93.1 Å². The molecule has 0 fully saturated rings. The number of aromatic nitrogens is 2. The van der Waals surface area contributed by atoms with Gasteiger partial charge in [-0.15, -0.1) is 11.3 Å². The summed E-state index contributed by atoms with van der Waals surface area (Å²) in [5.74, 6) is 1.11. The summed E-state index contributed by atoms with van der Waals surface area (Å²) < 4.78 is 1.83. The molecule has 0 bridgehead atoms. The van der Waals surface area contributed by atoms with Crippen LogP contribution in [0.15, 0.2) is 60.2 Å². The summed E-state index contributed by atoms with van der Waals surface area (Å²) in [5, 5.41) is 1.99. The molecule has 1 amide bonds. The summed E-state index contributed by atoms with van der Waals surface area (Å²) in [4.78, 5) is 33.4. The van der Waals surface area contributed by atoms with Crippen molar-refractivity contribution in [1.29, 1.82) is 0 Å². The van der Waals surface area contributed by atoms with Gasteiger partial charge in [0.15, 0.2) is 5.78 Å². The number of pyridine rings is 1. The van der Waals surface area contributed by atoms with Gasteiger partial charge in [-0.2, -0.15) is 0 Å². The first-order valence-corrected chi connectivity index (χ1v) is 16.2. The van der Waals surface area contributed by atoms with Gasteiger partial charge in [-0.25, -0.2) is 4.98 Å². The van der Waals surface area contributed by atoms with Crippen molar-refractivity contribution in [2.75, 3.05) is 6.54 Å². The number of unbranched alkanes of at least 4 members (excludes halogenated alkanes) is 2. The van der Waals surface area contributed by atoms with Gasteiger partial charge in [0.1, 0.15) is 11.3 Å². The Hall–Kier alpha value is -3.25. The van der Waals surface area contributed by atoms with Gasteiger partial charge in [-0.1, -0.05) is 83.7 Å². The fraction of sp³-hybridized carbons (Fsp3) is 0.457. The maximum absolute atomic E-state index is 13.1. The minimum absolute atomic E-state index is 0.0186. The Morgan fingerprint density at radius 3 is 2.63 bits per heavy atom. The molecule has 41 heavy (non-hydrogen) atoms. The molecule has 0 saturated carbocycles. The molecule has 6 heteroatoms. The lowest BCUT2D eigenvalue weighted by molar-refractivity contribution is 0.0730. The highest BCUT2D eigenvalue weighted by Crippen LogP contribution is 2.30. The average molecular weight is 572 g/mol. The van der Waals surface area contributed by atoms with Gasteiger partial charge in [-0.3, -0.25) is 14.0 Å². The van der Waals surface area contributed by atoms with Crippen LogP contribution in [0.5, 0.6) is 0 Å². The molecule has 0 spiro atoms. The van der Waals surface area contributed by atoms with E-state index in [1.165, 1.54) is 36.8 Å². The summed E-state index contributed by atoms with van der Waals surface area (Å²) >= 11 is 1.60. The van der Waals surface area contributed by atoms with Gasteiger partial charge in [0.2, 0.25) is 0 Å². The second-order valence-corrected chi connectivity index (χ2v) is 12.4. The van der Waals surface area contributed by atoms with Gasteiger partial charge >= 0.3 is 0 Å². The van der Waals surface area contributed by atoms with Gasteiger partial charge in [0.05, 0.1) is 12.7 Å². The van der Waals surface area contributed by atoms with Crippen LogP contribution in [-0.4, -0.2) is 32.5 Å². The molecule has 1 aliphatic rings. The van der Waals surface area contributed by atoms with Crippen LogP contribution < -0.4 is 0 Å². The van der Waals surface area contributed by atoms with Crippen molar-refractivity contribution in [2.24, 2.45) is 5.92 Å². The first-order chi connectivity index (χ1) is 19.9. The number of imidazole rings is 1. The normalized spacial score (nSPS) is 12.8. The molecule has 5 nitrogen and oxygen atoms in total. The second kappa shape index (κ2) is 15.1. The van der Waals surface area contributed by atoms with E-state index < -0.39 is 0 Å². The Labute approximate surface area is 249 Å². The summed E-state index contributed by atoms with van der Waals surface area (Å²) in [7, 11) is 0. The van der Waals surface area contributed by atoms with E-state index in [1.807, 2.05) is 39.1 Å². The molecule has 4 heterocycles. The van der Waals surface area contributed by atoms with Crippen LogP contribution in [0.3, 0.4) is 0 Å². The number of aryl methyl sites for hydroxylation is 2. The number of hydrogen-bond donors (Lipinski definition) is 0. The van der Waals surface area contributed by atoms with E-state index in [4.69, 9.17) is 0 Å². The van der Waals surface area contributed by atoms with Gasteiger partial charge < -0.3 is 4.90 Å². The zero-order valence-electron chi connectivity index (χ0n) is 25.2. The molecule has 5 rings (SSSR count). The maximum Gasteiger partial charge on any atom is 0.272 e. The number of hydrogen-bond acceptors (Lipinski definition) is 4. The summed E-state index contributed by atoms with van der Waals surface area (Å²) in [5.41, 5.74) is 5.99. The van der Waals surface area contributed by atoms with Crippen LogP contribution in [0.1, 0.15) is 109 Å². The predicted molar refractivity (Wildman–Crippen MR) is 170 cm³/mol. The van der Waals surface area contributed by atoms with Crippen molar-refractivity contribution < 1.29 is 9.59 Å². The fourth-order valence-corrected chi connectivity index (χ4v) is 6.50. The van der Waals surface area contributed by atoms with Crippen LogP contribution in [0.4, 0.5) is 0 Å². The Balaban J connectivity index is 0.000000426. The summed E-state index contributed by atoms with van der Waals surface area (Å²) in [6, 6.07) is 14.3. The van der Waals surface area contributed by atoms with Crippen molar-refractivity contribution in [2.45, 2.75) is 92.0 Å². The lowest BCUT2D eigenvalue weighted by Crippen LogP contribution is -2.36. The molecule has 218 valence electrons. The average Bonchev–Trinajstić information content (AvgIpc) is 3.61. The molecule has 4 aromatic rings. The Morgan fingerprint density at radius 2 is 1.85 bits per heavy atom. The number of nitrogens with zero attached hydrogens (tertiary/aromatic N) is 3. The number of benzene rings is 1. The highest BCUT2D eigenvalue weighted by molar-refractivity contribution is 7.10. The topological polar surface area (TPSA) is 54.7 Å². The number of carbonyl (C=O) groups is 2. The molecular weight excluding hydrogens is 526 g/mol. The van der Waals surface area contributed by atoms with Gasteiger partial charge in [0.25, 0.3) is 5.91 Å². The van der Waals surface area contributed by atoms with Crippen molar-refractivity contribution >= 4 is 28.7 Å². The van der Waals surface area contributed by atoms with Crippen LogP contribution in [0.2, 0.25) is 0 Å². The monoisotopic (exact) mass is 571 g/mol. The third-order valence-electron chi connectivity index (χ3n) is 7.82. The predicted octanol–water partition coefficient (Wildman–Crippen LogP) is 8.59. The third-order valence-corrected chi connectivity index (χ3v) is 8.84. The summed E-state index contributed by atoms with van der Waals surface area (Å²) in [6.45, 7) is 10.2. The standard InChI is InChI=1S/C27H27N3O2S.C8H18/c1-2-19-7-5-8-20(15-19)9-6-10-24(31)22-18-33-25-17-29(14-12-21(22)25)27(32)23-16-28-26-11-3-4-13-30(23)26;1-4-5-6-7-8(2)3/h3-5,7-8,11,13,15-16,18H,2,6,9-10,12,14,17H2,1H3;8H,4-7H2,1-3H3. The highest BCUT2D eigenvalue weighted by Gasteiger charge is 2.28. The highest BCUT2D eigenvalue weighted by atomic mass is 32.1. The Bertz CT molecular complexity index is 1430. The lowest BCUT2D eigenvalue weighted by Gasteiger charge is -2.27. The molecule has 0 N–H and O–H groups in total. The SMILES string of the molecule is CCCCCC(C)C.CCc1cccc(CCCC(=O)c2csc3c2CCN(C(=O)c2cnc4ccccn24)C3)c1. The van der Waals surface area contributed by atoms with E-state index in [0.29, 0.717) is 25.2 Å². The van der Waals surface area contributed by atoms with Crippen molar-refractivity contribution in [3.63, 3.8) is 0 Å². The number of rotatable bonds is 11. The first kappa shape index (κ1) is 30.7. The molecule has 1 aromatic carbocycles. The molecule has 0 atom stereocenters. The third kappa shape index (κ3) is 8.16. The number of fused-ring (bicyclic) bond motifs is 2. The van der Waals surface area contributed by atoms with Crippen molar-refractivity contribution in [3.8, 4) is 0 Å². The number of amides is 1. The molecule has 3 aromatic heterocycles. The quantitative estimate of drug-likeness (QED) is 0.134. The zero-order valence-corrected chi connectivity index (χ0v) is 26.0. The van der Waals surface area contributed by atoms with Gasteiger partial charge in [0, 0.05) is 35.0 Å². The number of carbonyl (C=O) groups excluding carboxylic acids is 2. The smallest absolute Gasteiger partial charge is 0.272 e. The zero-order chi connectivity index (χ0) is 29.2. The molecular formula is C35H45N3O2S. The fourth-order valence-electron chi connectivity index (χ4n) is 5.38. The molecule has 0 unspecified atom stereocenters. The van der Waals surface area contributed by atoms with Gasteiger partial charge in [-0.05, 0) is 60.4 Å². The number of Topliss-reactive ketones (excluding diaryl/α,β-unsaturated/α-hetero) is 1. The Morgan fingerprint density at radius 1 is 1.02 bits per heavy atom. The maximum atomic E-state index is 13.1. The Kier molecular flexibility index (Phi) is 11.3. The van der Waals surface area contributed by atoms with E-state index in [9.17, 15) is 9.59 Å². The minimum atomic E-state index is -0.0186. The second-order valence-electron chi connectivity index (χ2n) is 11.4. The van der Waals surface area contributed by atoms with Crippen LogP contribution in [0.25, 0.3) is 5.65 Å². The van der Waals surface area contributed by atoms with E-state index in [2.05, 4.69) is 56.9 Å². The van der Waals surface area contributed by atoms with Crippen LogP contribution in [0, 0.1) is 5.92 Å². The van der Waals surface area contributed by atoms with Crippen LogP contribution in [-0.2, 0) is 25.8 Å². The molecule has 0 saturated heterocycles. The lowest BCUT2D eigenvalue weighted by atomic mass is 9.97. The van der Waals surface area contributed by atoms with E-state index in [0.717, 1.165) is 53.3 Å². The van der Waals surface area contributed by atoms with Crippen molar-refractivity contribution in [1.82, 2.24) is 14.3 Å². The number of thiophene rings is 1. The van der Waals surface area contributed by atoms with E-state index >= 15 is 0 Å². The van der Waals surface area contributed by atoms with E-state index in [1.54, 1.807) is 17.5 Å². The molecule has 1 aliphatic heterocycles. The first-order valence-electron chi connectivity index (χ1n) is 15.3. The number of ketones is 1. The summed E-state index contributed by atoms with van der Waals surface area (Å²) in [6.07, 6.45) is 13.2. The van der Waals surface area contributed by atoms with Crippen LogP contribution >= 0.6 is 11.3 Å². The minimum Gasteiger partial charge on any atom is -0.332 e. The molecule has 0 radical (unpaired) electrons.